The fraction of sp³-hybridized carbons (Fsp3) is 0.636. The first-order valence-electron chi connectivity index (χ1n) is 15.5. The summed E-state index contributed by atoms with van der Waals surface area (Å²) >= 11 is 0. The molecule has 41 heavy (non-hydrogen) atoms. The third kappa shape index (κ3) is 9.72. The molecule has 3 unspecified atom stereocenters. The maximum Gasteiger partial charge on any atom is 0.343 e. The molecule has 1 N–H and O–H groups in total. The van der Waals surface area contributed by atoms with Crippen molar-refractivity contribution in [3.63, 3.8) is 0 Å². The molecule has 2 amide bonds. The summed E-state index contributed by atoms with van der Waals surface area (Å²) in [6.45, 7) is 12.0. The maximum atomic E-state index is 14.2. The first-order valence-corrected chi connectivity index (χ1v) is 15.5. The number of nitrogens with one attached hydrogen (secondary N) is 1. The van der Waals surface area contributed by atoms with E-state index in [1.54, 1.807) is 25.1 Å². The van der Waals surface area contributed by atoms with Gasteiger partial charge in [-0.05, 0) is 56.2 Å². The number of carbonyl (C=O) groups is 4. The van der Waals surface area contributed by atoms with Crippen LogP contribution in [0.3, 0.4) is 0 Å². The molecule has 0 aliphatic carbocycles. The van der Waals surface area contributed by atoms with Crippen LogP contribution in [-0.4, -0.2) is 36.2 Å². The Morgan fingerprint density at radius 1 is 0.927 bits per heavy atom. The van der Waals surface area contributed by atoms with Gasteiger partial charge in [0.15, 0.2) is 11.8 Å². The molecule has 0 fully saturated rings. The molecule has 1 heterocycles. The van der Waals surface area contributed by atoms with Crippen molar-refractivity contribution in [3.8, 4) is 0 Å². The zero-order chi connectivity index (χ0) is 30.4. The number of esters is 1. The SMILES string of the molecule is CCCCC(CC)CC(CC(CC)CCCC)C(=O)c1ccccc1/N=N/C1C(=O)NC(=O)C(C(=O)OCC)=C1C. The van der Waals surface area contributed by atoms with Crippen LogP contribution in [0.5, 0.6) is 0 Å². The average Bonchev–Trinajstić information content (AvgIpc) is 2.96. The van der Waals surface area contributed by atoms with Crippen molar-refractivity contribution >= 4 is 29.3 Å². The second-order valence-electron chi connectivity index (χ2n) is 11.1. The van der Waals surface area contributed by atoms with E-state index in [-0.39, 0.29) is 29.5 Å². The van der Waals surface area contributed by atoms with Gasteiger partial charge in [0.1, 0.15) is 5.57 Å². The predicted molar refractivity (Wildman–Crippen MR) is 161 cm³/mol. The first kappa shape index (κ1) is 34.0. The van der Waals surface area contributed by atoms with Crippen LogP contribution in [-0.2, 0) is 19.1 Å². The topological polar surface area (TPSA) is 114 Å². The van der Waals surface area contributed by atoms with Crippen LogP contribution in [0.2, 0.25) is 0 Å². The number of unbranched alkanes of at least 4 members (excludes halogenated alkanes) is 2. The highest BCUT2D eigenvalue weighted by molar-refractivity contribution is 6.24. The Hall–Kier alpha value is -3.16. The van der Waals surface area contributed by atoms with E-state index < -0.39 is 23.8 Å². The van der Waals surface area contributed by atoms with Crippen molar-refractivity contribution in [1.29, 1.82) is 0 Å². The predicted octanol–water partition coefficient (Wildman–Crippen LogP) is 7.69. The van der Waals surface area contributed by atoms with Crippen molar-refractivity contribution in [2.75, 3.05) is 6.61 Å². The molecule has 0 aromatic heterocycles. The molecule has 0 saturated heterocycles. The lowest BCUT2D eigenvalue weighted by atomic mass is 9.78. The van der Waals surface area contributed by atoms with Crippen LogP contribution < -0.4 is 5.32 Å². The van der Waals surface area contributed by atoms with Gasteiger partial charge in [0.05, 0.1) is 12.3 Å². The van der Waals surface area contributed by atoms with Crippen LogP contribution >= 0.6 is 0 Å². The van der Waals surface area contributed by atoms with Gasteiger partial charge in [-0.1, -0.05) is 91.2 Å². The standard InChI is InChI=1S/C33H49N3O5/c1-7-12-16-23(9-3)20-25(21-24(10-4)17-13-8-2)30(37)26-18-14-15-19-27(26)35-36-29-22(6)28(33(40)41-11-5)31(38)34-32(29)39/h14-15,18-19,23-25,29H,7-13,16-17,20-21H2,1-6H3,(H,34,38,39)/b36-35+. The van der Waals surface area contributed by atoms with E-state index in [4.69, 9.17) is 4.74 Å². The molecule has 2 rings (SSSR count). The Balaban J connectivity index is 2.43. The van der Waals surface area contributed by atoms with Gasteiger partial charge >= 0.3 is 5.97 Å². The number of azo groups is 1. The molecular formula is C33H49N3O5. The van der Waals surface area contributed by atoms with E-state index in [1.165, 1.54) is 6.92 Å². The summed E-state index contributed by atoms with van der Waals surface area (Å²) in [6.07, 6.45) is 10.6. The monoisotopic (exact) mass is 567 g/mol. The third-order valence-corrected chi connectivity index (χ3v) is 8.14. The number of ketones is 1. The minimum Gasteiger partial charge on any atom is -0.462 e. The number of amides is 2. The number of hydrogen-bond acceptors (Lipinski definition) is 7. The van der Waals surface area contributed by atoms with Crippen molar-refractivity contribution in [2.45, 2.75) is 112 Å². The summed E-state index contributed by atoms with van der Waals surface area (Å²) in [4.78, 5) is 51.5. The number of nitrogens with zero attached hydrogens (tertiary/aromatic N) is 2. The Labute approximate surface area is 245 Å². The minimum atomic E-state index is -1.18. The first-order chi connectivity index (χ1) is 19.7. The van der Waals surface area contributed by atoms with Gasteiger partial charge in [-0.25, -0.2) is 4.79 Å². The second-order valence-corrected chi connectivity index (χ2v) is 11.1. The summed E-state index contributed by atoms with van der Waals surface area (Å²) < 4.78 is 4.99. The molecule has 1 aromatic carbocycles. The van der Waals surface area contributed by atoms with Crippen LogP contribution in [0.25, 0.3) is 0 Å². The lowest BCUT2D eigenvalue weighted by molar-refractivity contribution is -0.141. The Bertz CT molecular complexity index is 1090. The van der Waals surface area contributed by atoms with Gasteiger partial charge in [0, 0.05) is 11.5 Å². The number of benzene rings is 1. The molecule has 0 spiro atoms. The summed E-state index contributed by atoms with van der Waals surface area (Å²) in [5, 5.41) is 10.7. The van der Waals surface area contributed by atoms with E-state index in [0.29, 0.717) is 23.1 Å². The van der Waals surface area contributed by atoms with E-state index in [9.17, 15) is 19.2 Å². The van der Waals surface area contributed by atoms with Gasteiger partial charge in [0.25, 0.3) is 11.8 Å². The number of hydrogen-bond donors (Lipinski definition) is 1. The van der Waals surface area contributed by atoms with Crippen LogP contribution in [0, 0.1) is 17.8 Å². The number of ether oxygens (including phenoxy) is 1. The molecule has 8 heteroatoms. The number of Topliss-reactive ketones (excluding diaryl/α,β-unsaturated/α-hetero) is 1. The molecule has 1 aliphatic rings. The number of rotatable bonds is 18. The molecule has 0 saturated carbocycles. The molecule has 8 nitrogen and oxygen atoms in total. The maximum absolute atomic E-state index is 14.2. The normalized spacial score (nSPS) is 17.9. The zero-order valence-electron chi connectivity index (χ0n) is 25.8. The fourth-order valence-electron chi connectivity index (χ4n) is 5.54. The molecule has 1 aliphatic heterocycles. The Kier molecular flexibility index (Phi) is 14.6. The highest BCUT2D eigenvalue weighted by Gasteiger charge is 2.37. The Morgan fingerprint density at radius 3 is 2.05 bits per heavy atom. The molecular weight excluding hydrogens is 518 g/mol. The quantitative estimate of drug-likeness (QED) is 0.0642. The lowest BCUT2D eigenvalue weighted by Crippen LogP contribution is -2.46. The van der Waals surface area contributed by atoms with Crippen molar-refractivity contribution < 1.29 is 23.9 Å². The smallest absolute Gasteiger partial charge is 0.343 e. The number of carbonyl (C=O) groups excluding carboxylic acids is 4. The Morgan fingerprint density at radius 2 is 1.51 bits per heavy atom. The molecule has 0 bridgehead atoms. The molecule has 3 atom stereocenters. The van der Waals surface area contributed by atoms with Gasteiger partial charge in [-0.3, -0.25) is 19.7 Å². The van der Waals surface area contributed by atoms with Crippen LogP contribution in [0.15, 0.2) is 45.6 Å². The fourth-order valence-corrected chi connectivity index (χ4v) is 5.54. The third-order valence-electron chi connectivity index (χ3n) is 8.14. The second kappa shape index (κ2) is 17.6. The van der Waals surface area contributed by atoms with E-state index in [0.717, 1.165) is 64.2 Å². The largest absolute Gasteiger partial charge is 0.462 e. The zero-order valence-corrected chi connectivity index (χ0v) is 25.8. The van der Waals surface area contributed by atoms with Crippen LogP contribution in [0.4, 0.5) is 5.69 Å². The van der Waals surface area contributed by atoms with Gasteiger partial charge in [0.2, 0.25) is 0 Å². The van der Waals surface area contributed by atoms with Crippen LogP contribution in [0.1, 0.15) is 116 Å². The summed E-state index contributed by atoms with van der Waals surface area (Å²) in [5.74, 6) is -1.38. The lowest BCUT2D eigenvalue weighted by Gasteiger charge is -2.26. The minimum absolute atomic E-state index is 0.0622. The van der Waals surface area contributed by atoms with Gasteiger partial charge < -0.3 is 4.74 Å². The molecule has 1 aromatic rings. The van der Waals surface area contributed by atoms with Crippen molar-refractivity contribution in [3.05, 3.63) is 41.0 Å². The van der Waals surface area contributed by atoms with Gasteiger partial charge in [-0.2, -0.15) is 10.2 Å². The van der Waals surface area contributed by atoms with Crippen molar-refractivity contribution in [1.82, 2.24) is 5.32 Å². The van der Waals surface area contributed by atoms with E-state index >= 15 is 0 Å². The molecule has 226 valence electrons. The molecule has 0 radical (unpaired) electrons. The highest BCUT2D eigenvalue weighted by atomic mass is 16.5. The summed E-state index contributed by atoms with van der Waals surface area (Å²) in [7, 11) is 0. The number of imide groups is 1. The van der Waals surface area contributed by atoms with Gasteiger partial charge in [-0.15, -0.1) is 0 Å². The van der Waals surface area contributed by atoms with E-state index in [1.807, 2.05) is 6.07 Å². The summed E-state index contributed by atoms with van der Waals surface area (Å²) in [6, 6.07) is 5.92. The van der Waals surface area contributed by atoms with Crippen molar-refractivity contribution in [2.24, 2.45) is 28.0 Å². The highest BCUT2D eigenvalue weighted by Crippen LogP contribution is 2.34. The van der Waals surface area contributed by atoms with E-state index in [2.05, 4.69) is 43.2 Å². The average molecular weight is 568 g/mol. The summed E-state index contributed by atoms with van der Waals surface area (Å²) in [5.41, 5.74) is 0.790.